The maximum absolute atomic E-state index is 6.58. The minimum atomic E-state index is 0.216. The normalized spacial score (nSPS) is 15.2. The fourth-order valence-corrected chi connectivity index (χ4v) is 4.22. The van der Waals surface area contributed by atoms with Crippen LogP contribution in [0.3, 0.4) is 0 Å². The maximum atomic E-state index is 6.58. The summed E-state index contributed by atoms with van der Waals surface area (Å²) in [7, 11) is 0. The van der Waals surface area contributed by atoms with Gasteiger partial charge in [0.25, 0.3) is 0 Å². The summed E-state index contributed by atoms with van der Waals surface area (Å²) in [5.41, 5.74) is 9.54. The number of nitrogens with two attached hydrogens (primary N) is 1. The number of hydrogen-bond donors (Lipinski definition) is 1. The number of nitrogen functional groups attached to an aromatic ring is 1. The Morgan fingerprint density at radius 1 is 0.935 bits per heavy atom. The molecule has 0 amide bonds. The number of halogens is 1. The van der Waals surface area contributed by atoms with Gasteiger partial charge in [0, 0.05) is 23.7 Å². The highest BCUT2D eigenvalue weighted by Gasteiger charge is 2.24. The van der Waals surface area contributed by atoms with Crippen molar-refractivity contribution in [3.05, 3.63) is 47.5 Å². The quantitative estimate of drug-likeness (QED) is 0.520. The molecule has 31 heavy (non-hydrogen) atoms. The van der Waals surface area contributed by atoms with E-state index in [1.54, 1.807) is 4.68 Å². The molecule has 4 heterocycles. The van der Waals surface area contributed by atoms with E-state index in [-0.39, 0.29) is 6.79 Å². The van der Waals surface area contributed by atoms with Crippen molar-refractivity contribution in [1.29, 1.82) is 0 Å². The van der Waals surface area contributed by atoms with E-state index >= 15 is 0 Å². The van der Waals surface area contributed by atoms with Gasteiger partial charge in [-0.25, -0.2) is 9.67 Å². The Morgan fingerprint density at radius 3 is 2.52 bits per heavy atom. The Balaban J connectivity index is 1.58. The van der Waals surface area contributed by atoms with Crippen LogP contribution in [0.1, 0.15) is 12.8 Å². The number of fused-ring (bicyclic) bond motifs is 2. The third kappa shape index (κ3) is 3.02. The first-order valence-corrected chi connectivity index (χ1v) is 10.5. The summed E-state index contributed by atoms with van der Waals surface area (Å²) in [6.45, 7) is 2.08. The summed E-state index contributed by atoms with van der Waals surface area (Å²) in [5, 5.41) is 6.07. The molecule has 0 atom stereocenters. The zero-order chi connectivity index (χ0) is 20.9. The van der Waals surface area contributed by atoms with Crippen LogP contribution in [-0.2, 0) is 0 Å². The molecule has 2 aromatic carbocycles. The second-order valence-corrected chi connectivity index (χ2v) is 8.04. The first-order valence-electron chi connectivity index (χ1n) is 10.1. The SMILES string of the molecule is Nc1c2c(-c3ccc4c(c3)OCO4)nc(N3CCCC3)nc2nn1-c1ccc(Cl)cc1. The van der Waals surface area contributed by atoms with E-state index in [9.17, 15) is 0 Å². The highest BCUT2D eigenvalue weighted by atomic mass is 35.5. The molecule has 156 valence electrons. The van der Waals surface area contributed by atoms with Crippen molar-refractivity contribution in [2.24, 2.45) is 0 Å². The van der Waals surface area contributed by atoms with Crippen LogP contribution in [0.25, 0.3) is 28.0 Å². The minimum Gasteiger partial charge on any atom is -0.454 e. The van der Waals surface area contributed by atoms with Gasteiger partial charge >= 0.3 is 0 Å². The largest absolute Gasteiger partial charge is 0.454 e. The van der Waals surface area contributed by atoms with Crippen LogP contribution in [0.2, 0.25) is 5.02 Å². The average molecular weight is 435 g/mol. The van der Waals surface area contributed by atoms with E-state index in [1.807, 2.05) is 42.5 Å². The maximum Gasteiger partial charge on any atom is 0.231 e. The molecule has 2 N–H and O–H groups in total. The Labute approximate surface area is 183 Å². The Bertz CT molecular complexity index is 1300. The molecule has 0 aliphatic carbocycles. The predicted molar refractivity (Wildman–Crippen MR) is 119 cm³/mol. The van der Waals surface area contributed by atoms with Crippen LogP contribution in [0.4, 0.5) is 11.8 Å². The number of benzene rings is 2. The lowest BCUT2D eigenvalue weighted by Gasteiger charge is -2.16. The van der Waals surface area contributed by atoms with Crippen LogP contribution >= 0.6 is 11.6 Å². The Hall–Kier alpha value is -3.52. The number of anilines is 2. The molecule has 4 aromatic rings. The van der Waals surface area contributed by atoms with E-state index in [1.165, 1.54) is 0 Å². The van der Waals surface area contributed by atoms with Crippen molar-refractivity contribution in [3.63, 3.8) is 0 Å². The molecule has 8 nitrogen and oxygen atoms in total. The first kappa shape index (κ1) is 18.3. The molecular weight excluding hydrogens is 416 g/mol. The second kappa shape index (κ2) is 7.02. The molecule has 0 bridgehead atoms. The lowest BCUT2D eigenvalue weighted by Crippen LogP contribution is -2.20. The molecule has 6 rings (SSSR count). The molecule has 0 unspecified atom stereocenters. The number of nitrogens with zero attached hydrogens (tertiary/aromatic N) is 5. The molecule has 2 aromatic heterocycles. The molecule has 2 aliphatic rings. The van der Waals surface area contributed by atoms with Crippen molar-refractivity contribution >= 4 is 34.4 Å². The van der Waals surface area contributed by atoms with Gasteiger partial charge in [-0.15, -0.1) is 5.10 Å². The monoisotopic (exact) mass is 434 g/mol. The summed E-state index contributed by atoms with van der Waals surface area (Å²) in [6, 6.07) is 13.1. The summed E-state index contributed by atoms with van der Waals surface area (Å²) in [5.74, 6) is 2.55. The van der Waals surface area contributed by atoms with Gasteiger partial charge < -0.3 is 20.1 Å². The molecule has 1 saturated heterocycles. The summed E-state index contributed by atoms with van der Waals surface area (Å²) >= 11 is 6.05. The van der Waals surface area contributed by atoms with E-state index in [4.69, 9.17) is 41.9 Å². The second-order valence-electron chi connectivity index (χ2n) is 7.61. The molecule has 0 spiro atoms. The van der Waals surface area contributed by atoms with Gasteiger partial charge in [-0.1, -0.05) is 11.6 Å². The number of rotatable bonds is 3. The van der Waals surface area contributed by atoms with Gasteiger partial charge in [0.15, 0.2) is 17.1 Å². The number of aromatic nitrogens is 4. The van der Waals surface area contributed by atoms with Crippen molar-refractivity contribution in [3.8, 4) is 28.4 Å². The van der Waals surface area contributed by atoms with Crippen LogP contribution < -0.4 is 20.1 Å². The molecule has 1 fully saturated rings. The number of hydrogen-bond acceptors (Lipinski definition) is 7. The fourth-order valence-electron chi connectivity index (χ4n) is 4.09. The van der Waals surface area contributed by atoms with Crippen molar-refractivity contribution < 1.29 is 9.47 Å². The van der Waals surface area contributed by atoms with Crippen molar-refractivity contribution in [2.45, 2.75) is 12.8 Å². The highest BCUT2D eigenvalue weighted by molar-refractivity contribution is 6.30. The van der Waals surface area contributed by atoms with Gasteiger partial charge in [-0.3, -0.25) is 0 Å². The predicted octanol–water partition coefficient (Wildman–Crippen LogP) is 4.05. The van der Waals surface area contributed by atoms with Crippen molar-refractivity contribution in [1.82, 2.24) is 19.7 Å². The smallest absolute Gasteiger partial charge is 0.231 e. The van der Waals surface area contributed by atoms with Gasteiger partial charge in [-0.05, 0) is 55.3 Å². The molecular formula is C22H19ClN6O2. The van der Waals surface area contributed by atoms with Gasteiger partial charge in [0.05, 0.1) is 16.8 Å². The van der Waals surface area contributed by atoms with Crippen LogP contribution in [-0.4, -0.2) is 39.6 Å². The third-order valence-electron chi connectivity index (χ3n) is 5.66. The van der Waals surface area contributed by atoms with E-state index in [0.29, 0.717) is 33.6 Å². The summed E-state index contributed by atoms with van der Waals surface area (Å²) < 4.78 is 12.7. The summed E-state index contributed by atoms with van der Waals surface area (Å²) in [6.07, 6.45) is 2.25. The van der Waals surface area contributed by atoms with Gasteiger partial charge in [0.1, 0.15) is 5.82 Å². The average Bonchev–Trinajstić information content (AvgIpc) is 3.54. The zero-order valence-corrected chi connectivity index (χ0v) is 17.3. The fraction of sp³-hybridized carbons (Fsp3) is 0.227. The summed E-state index contributed by atoms with van der Waals surface area (Å²) in [4.78, 5) is 11.9. The van der Waals surface area contributed by atoms with Gasteiger partial charge in [-0.2, -0.15) is 4.98 Å². The molecule has 9 heteroatoms. The lowest BCUT2D eigenvalue weighted by atomic mass is 10.1. The first-order chi connectivity index (χ1) is 15.2. The molecule has 0 saturated carbocycles. The Kier molecular flexibility index (Phi) is 4.14. The zero-order valence-electron chi connectivity index (χ0n) is 16.6. The van der Waals surface area contributed by atoms with Crippen molar-refractivity contribution in [2.75, 3.05) is 30.5 Å². The molecule has 2 aliphatic heterocycles. The van der Waals surface area contributed by atoms with Crippen LogP contribution in [0, 0.1) is 0 Å². The van der Waals surface area contributed by atoms with E-state index in [2.05, 4.69) is 4.90 Å². The van der Waals surface area contributed by atoms with Crippen LogP contribution in [0.5, 0.6) is 11.5 Å². The van der Waals surface area contributed by atoms with E-state index < -0.39 is 0 Å². The third-order valence-corrected chi connectivity index (χ3v) is 5.92. The standard InChI is InChI=1S/C22H19ClN6O2/c23-14-4-6-15(7-5-14)29-20(24)18-19(13-3-8-16-17(11-13)31-12-30-16)25-22(26-21(18)27-29)28-9-1-2-10-28/h3-8,11H,1-2,9-10,12,24H2. The lowest BCUT2D eigenvalue weighted by molar-refractivity contribution is 0.174. The minimum absolute atomic E-state index is 0.216. The van der Waals surface area contributed by atoms with Gasteiger partial charge in [0.2, 0.25) is 12.7 Å². The highest BCUT2D eigenvalue weighted by Crippen LogP contribution is 2.39. The Morgan fingerprint density at radius 2 is 1.71 bits per heavy atom. The van der Waals surface area contributed by atoms with Crippen LogP contribution in [0.15, 0.2) is 42.5 Å². The van der Waals surface area contributed by atoms with E-state index in [0.717, 1.165) is 48.6 Å². The topological polar surface area (TPSA) is 91.3 Å². The molecule has 0 radical (unpaired) electrons. The number of ether oxygens (including phenoxy) is 2.